The van der Waals surface area contributed by atoms with Crippen molar-refractivity contribution in [2.75, 3.05) is 19.8 Å². The number of nitrogens with zero attached hydrogens (tertiary/aromatic N) is 1. The number of hydrogen-bond donors (Lipinski definition) is 1. The predicted molar refractivity (Wildman–Crippen MR) is 124 cm³/mol. The van der Waals surface area contributed by atoms with Crippen molar-refractivity contribution in [3.8, 4) is 11.5 Å². The van der Waals surface area contributed by atoms with Gasteiger partial charge in [0.25, 0.3) is 0 Å². The van der Waals surface area contributed by atoms with Gasteiger partial charge in [-0.15, -0.1) is 0 Å². The fourth-order valence-corrected chi connectivity index (χ4v) is 3.99. The van der Waals surface area contributed by atoms with Crippen LogP contribution in [0.1, 0.15) is 50.7 Å². The fraction of sp³-hybridized carbons (Fsp3) is 0.385. The maximum Gasteiger partial charge on any atom is 0.164 e. The second-order valence-electron chi connectivity index (χ2n) is 7.62. The van der Waals surface area contributed by atoms with Gasteiger partial charge in [-0.1, -0.05) is 36.4 Å². The Hall–Kier alpha value is -3.08. The fourth-order valence-electron chi connectivity index (χ4n) is 3.99. The number of Topliss-reactive ketones (excluding diaryl/α,β-unsaturated/α-hetero) is 1. The van der Waals surface area contributed by atoms with Crippen molar-refractivity contribution in [3.05, 3.63) is 71.0 Å². The predicted octanol–water partition coefficient (Wildman–Crippen LogP) is 5.45. The van der Waals surface area contributed by atoms with E-state index in [4.69, 9.17) is 14.5 Å². The average Bonchev–Trinajstić information content (AvgIpc) is 2.76. The Bertz CT molecular complexity index is 963. The van der Waals surface area contributed by atoms with Crippen LogP contribution in [-0.4, -0.2) is 36.4 Å². The van der Waals surface area contributed by atoms with E-state index >= 15 is 0 Å². The lowest BCUT2D eigenvalue weighted by atomic mass is 9.81. The molecule has 0 aromatic heterocycles. The molecule has 0 aliphatic heterocycles. The highest BCUT2D eigenvalue weighted by molar-refractivity contribution is 6.22. The Morgan fingerprint density at radius 3 is 2.42 bits per heavy atom. The van der Waals surface area contributed by atoms with E-state index in [0.29, 0.717) is 50.3 Å². The molecular formula is C26H31NO4. The zero-order valence-electron chi connectivity index (χ0n) is 18.6. The molecule has 164 valence electrons. The average molecular weight is 422 g/mol. The zero-order valence-corrected chi connectivity index (χ0v) is 18.6. The normalized spacial score (nSPS) is 17.6. The summed E-state index contributed by atoms with van der Waals surface area (Å²) < 4.78 is 11.3. The molecule has 0 heterocycles. The van der Waals surface area contributed by atoms with Gasteiger partial charge >= 0.3 is 0 Å². The van der Waals surface area contributed by atoms with Crippen LogP contribution < -0.4 is 9.47 Å². The number of benzene rings is 2. The van der Waals surface area contributed by atoms with E-state index in [2.05, 4.69) is 12.1 Å². The third-order valence-electron chi connectivity index (χ3n) is 5.39. The van der Waals surface area contributed by atoms with Crippen LogP contribution in [0, 0.1) is 0 Å². The maximum atomic E-state index is 12.2. The van der Waals surface area contributed by atoms with Crippen LogP contribution in [0.4, 0.5) is 0 Å². The Morgan fingerprint density at radius 1 is 1.03 bits per heavy atom. The summed E-state index contributed by atoms with van der Waals surface area (Å²) in [5.41, 5.74) is 3.32. The third kappa shape index (κ3) is 5.75. The minimum atomic E-state index is -0.137. The highest BCUT2D eigenvalue weighted by Gasteiger charge is 2.29. The number of carbonyl (C=O) groups excluding carboxylic acids is 1. The summed E-state index contributed by atoms with van der Waals surface area (Å²) in [7, 11) is 0. The quantitative estimate of drug-likeness (QED) is 0.585. The molecule has 0 bridgehead atoms. The zero-order chi connectivity index (χ0) is 22.2. The molecule has 5 heteroatoms. The molecule has 0 saturated heterocycles. The molecule has 1 aliphatic rings. The van der Waals surface area contributed by atoms with Gasteiger partial charge in [0.15, 0.2) is 17.3 Å². The van der Waals surface area contributed by atoms with Crippen molar-refractivity contribution in [1.82, 2.24) is 0 Å². The minimum Gasteiger partial charge on any atom is -0.511 e. The van der Waals surface area contributed by atoms with Crippen LogP contribution in [0.15, 0.2) is 64.9 Å². The van der Waals surface area contributed by atoms with E-state index in [9.17, 15) is 9.90 Å². The molecule has 31 heavy (non-hydrogen) atoms. The van der Waals surface area contributed by atoms with Crippen LogP contribution in [0.5, 0.6) is 11.5 Å². The van der Waals surface area contributed by atoms with E-state index in [-0.39, 0.29) is 17.5 Å². The van der Waals surface area contributed by atoms with Crippen LogP contribution in [0.25, 0.3) is 0 Å². The molecule has 2 aromatic rings. The van der Waals surface area contributed by atoms with Crippen molar-refractivity contribution in [1.29, 1.82) is 0 Å². The number of carbonyl (C=O) groups is 1. The molecule has 0 radical (unpaired) electrons. The lowest BCUT2D eigenvalue weighted by Gasteiger charge is -2.25. The summed E-state index contributed by atoms with van der Waals surface area (Å²) in [6.07, 6.45) is 1.82. The van der Waals surface area contributed by atoms with E-state index in [0.717, 1.165) is 22.6 Å². The molecule has 3 rings (SSSR count). The van der Waals surface area contributed by atoms with Crippen LogP contribution in [-0.2, 0) is 11.2 Å². The van der Waals surface area contributed by atoms with E-state index in [1.54, 1.807) is 0 Å². The molecule has 0 amide bonds. The van der Waals surface area contributed by atoms with Gasteiger partial charge in [0, 0.05) is 18.7 Å². The van der Waals surface area contributed by atoms with Gasteiger partial charge < -0.3 is 14.6 Å². The summed E-state index contributed by atoms with van der Waals surface area (Å²) in [5, 5.41) is 10.6. The lowest BCUT2D eigenvalue weighted by molar-refractivity contribution is -0.113. The van der Waals surface area contributed by atoms with Gasteiger partial charge in [-0.3, -0.25) is 9.79 Å². The summed E-state index contributed by atoms with van der Waals surface area (Å²) in [4.78, 5) is 16.9. The van der Waals surface area contributed by atoms with Crippen molar-refractivity contribution in [2.45, 2.75) is 46.0 Å². The van der Waals surface area contributed by atoms with Gasteiger partial charge in [-0.25, -0.2) is 0 Å². The van der Waals surface area contributed by atoms with Gasteiger partial charge in [0.2, 0.25) is 0 Å². The number of aliphatic imine (C=N–C) groups is 1. The molecule has 1 aliphatic carbocycles. The molecule has 0 spiro atoms. The number of allylic oxidation sites excluding steroid dienone is 2. The molecule has 0 saturated carbocycles. The van der Waals surface area contributed by atoms with Crippen molar-refractivity contribution >= 4 is 11.5 Å². The van der Waals surface area contributed by atoms with Crippen molar-refractivity contribution < 1.29 is 19.4 Å². The highest BCUT2D eigenvalue weighted by Crippen LogP contribution is 2.34. The van der Waals surface area contributed by atoms with E-state index < -0.39 is 0 Å². The first-order valence-corrected chi connectivity index (χ1v) is 10.9. The molecule has 0 fully saturated rings. The number of ketones is 1. The maximum absolute atomic E-state index is 12.2. The topological polar surface area (TPSA) is 68.1 Å². The second-order valence-corrected chi connectivity index (χ2v) is 7.62. The van der Waals surface area contributed by atoms with E-state index in [1.807, 2.05) is 50.2 Å². The SMILES string of the molecule is CCOc1ccc(CCN=C2C[C@H](c3ccccc3)CC(O)=C2C(C)=O)cc1OCC. The molecule has 0 unspecified atom stereocenters. The standard InChI is InChI=1S/C26H31NO4/c1-4-30-24-12-11-19(15-25(24)31-5-2)13-14-27-22-16-21(20-9-7-6-8-10-20)17-23(29)26(22)18(3)28/h6-12,15,21,29H,4-5,13-14,16-17H2,1-3H3/t21-/m0/s1. The monoisotopic (exact) mass is 421 g/mol. The third-order valence-corrected chi connectivity index (χ3v) is 5.39. The largest absolute Gasteiger partial charge is 0.511 e. The number of aliphatic hydroxyl groups excluding tert-OH is 1. The van der Waals surface area contributed by atoms with Gasteiger partial charge in [-0.05, 0) is 62.8 Å². The molecule has 1 atom stereocenters. The number of rotatable bonds is 9. The number of ether oxygens (including phenoxy) is 2. The highest BCUT2D eigenvalue weighted by atomic mass is 16.5. The van der Waals surface area contributed by atoms with E-state index in [1.165, 1.54) is 6.92 Å². The number of hydrogen-bond acceptors (Lipinski definition) is 5. The number of aliphatic hydroxyl groups is 1. The van der Waals surface area contributed by atoms with Crippen LogP contribution in [0.2, 0.25) is 0 Å². The van der Waals surface area contributed by atoms with Gasteiger partial charge in [0.05, 0.1) is 18.8 Å². The van der Waals surface area contributed by atoms with Gasteiger partial charge in [0.1, 0.15) is 5.76 Å². The Balaban J connectivity index is 1.78. The first-order valence-electron chi connectivity index (χ1n) is 10.9. The van der Waals surface area contributed by atoms with Crippen molar-refractivity contribution in [3.63, 3.8) is 0 Å². The molecular weight excluding hydrogens is 390 g/mol. The Labute approximate surface area is 184 Å². The summed E-state index contributed by atoms with van der Waals surface area (Å²) >= 11 is 0. The summed E-state index contributed by atoms with van der Waals surface area (Å²) in [6.45, 7) is 7.06. The Kier molecular flexibility index (Phi) is 7.88. The molecule has 1 N–H and O–H groups in total. The van der Waals surface area contributed by atoms with Crippen LogP contribution >= 0.6 is 0 Å². The second kappa shape index (κ2) is 10.8. The first-order chi connectivity index (χ1) is 15.0. The smallest absolute Gasteiger partial charge is 0.164 e. The first kappa shape index (κ1) is 22.6. The summed E-state index contributed by atoms with van der Waals surface area (Å²) in [5.74, 6) is 1.61. The summed E-state index contributed by atoms with van der Waals surface area (Å²) in [6, 6.07) is 16.0. The van der Waals surface area contributed by atoms with Gasteiger partial charge in [-0.2, -0.15) is 0 Å². The molecule has 2 aromatic carbocycles. The Morgan fingerprint density at radius 2 is 1.74 bits per heavy atom. The minimum absolute atomic E-state index is 0.123. The lowest BCUT2D eigenvalue weighted by Crippen LogP contribution is -2.23. The molecule has 5 nitrogen and oxygen atoms in total. The van der Waals surface area contributed by atoms with Crippen molar-refractivity contribution in [2.24, 2.45) is 4.99 Å². The van der Waals surface area contributed by atoms with Crippen LogP contribution in [0.3, 0.4) is 0 Å².